The van der Waals surface area contributed by atoms with Gasteiger partial charge in [0.2, 0.25) is 10.0 Å². The molecule has 29 heavy (non-hydrogen) atoms. The Hall–Kier alpha value is -2.74. The van der Waals surface area contributed by atoms with Crippen LogP contribution < -0.4 is 19.1 Å². The number of methoxy groups -OCH3 is 1. The van der Waals surface area contributed by atoms with Crippen molar-refractivity contribution in [1.29, 1.82) is 0 Å². The molecule has 0 saturated carbocycles. The van der Waals surface area contributed by atoms with Crippen molar-refractivity contribution >= 4 is 21.6 Å². The molecule has 8 heteroatoms. The first kappa shape index (κ1) is 21.0. The zero-order valence-electron chi connectivity index (χ0n) is 16.6. The van der Waals surface area contributed by atoms with Crippen LogP contribution in [0.1, 0.15) is 30.1 Å². The van der Waals surface area contributed by atoms with Crippen LogP contribution in [0.15, 0.2) is 48.5 Å². The molecule has 0 aromatic heterocycles. The van der Waals surface area contributed by atoms with Gasteiger partial charge in [0.1, 0.15) is 6.61 Å². The van der Waals surface area contributed by atoms with E-state index in [1.807, 2.05) is 19.1 Å². The fourth-order valence-electron chi connectivity index (χ4n) is 3.18. The van der Waals surface area contributed by atoms with Crippen LogP contribution in [0.5, 0.6) is 11.5 Å². The van der Waals surface area contributed by atoms with Crippen LogP contribution in [0.25, 0.3) is 0 Å². The molecule has 0 bridgehead atoms. The minimum atomic E-state index is -3.32. The highest BCUT2D eigenvalue weighted by Gasteiger charge is 2.26. The van der Waals surface area contributed by atoms with Crippen LogP contribution in [0.3, 0.4) is 0 Å². The van der Waals surface area contributed by atoms with Crippen LogP contribution in [0.2, 0.25) is 0 Å². The fourth-order valence-corrected chi connectivity index (χ4v) is 4.81. The van der Waals surface area contributed by atoms with Gasteiger partial charge >= 0.3 is 0 Å². The molecule has 2 aromatic carbocycles. The molecule has 1 aliphatic rings. The van der Waals surface area contributed by atoms with Gasteiger partial charge in [-0.2, -0.15) is 0 Å². The third-order valence-electron chi connectivity index (χ3n) is 4.68. The lowest BCUT2D eigenvalue weighted by atomic mass is 10.1. The number of ether oxygens (including phenoxy) is 2. The lowest BCUT2D eigenvalue weighted by Gasteiger charge is -2.28. The number of rotatable bonds is 7. The van der Waals surface area contributed by atoms with E-state index in [0.29, 0.717) is 35.7 Å². The molecule has 1 atom stereocenters. The molecule has 1 aliphatic heterocycles. The van der Waals surface area contributed by atoms with Gasteiger partial charge in [0, 0.05) is 12.1 Å². The van der Waals surface area contributed by atoms with Crippen LogP contribution in [0.4, 0.5) is 5.69 Å². The highest BCUT2D eigenvalue weighted by atomic mass is 32.2. The van der Waals surface area contributed by atoms with Gasteiger partial charge in [0.15, 0.2) is 11.5 Å². The summed E-state index contributed by atoms with van der Waals surface area (Å²) in [6.07, 6.45) is 1.48. The number of para-hydroxylation sites is 2. The summed E-state index contributed by atoms with van der Waals surface area (Å²) in [6, 6.07) is 13.8. The molecule has 156 valence electrons. The maximum atomic E-state index is 12.6. The van der Waals surface area contributed by atoms with Crippen LogP contribution in [-0.4, -0.2) is 46.4 Å². The van der Waals surface area contributed by atoms with E-state index in [0.717, 1.165) is 6.42 Å². The number of nitrogens with one attached hydrogen (secondary N) is 1. The summed E-state index contributed by atoms with van der Waals surface area (Å²) in [5, 5.41) is 2.88. The highest BCUT2D eigenvalue weighted by Crippen LogP contribution is 2.26. The van der Waals surface area contributed by atoms with Gasteiger partial charge in [-0.25, -0.2) is 8.42 Å². The molecule has 3 rings (SSSR count). The second-order valence-corrected chi connectivity index (χ2v) is 8.99. The first-order chi connectivity index (χ1) is 13.9. The van der Waals surface area contributed by atoms with Crippen molar-refractivity contribution in [2.75, 3.05) is 30.3 Å². The number of amides is 1. The van der Waals surface area contributed by atoms with Crippen molar-refractivity contribution in [3.05, 3.63) is 54.1 Å². The van der Waals surface area contributed by atoms with Gasteiger partial charge in [-0.15, -0.1) is 0 Å². The van der Waals surface area contributed by atoms with Gasteiger partial charge in [0.25, 0.3) is 5.91 Å². The molecule has 0 spiro atoms. The molecule has 0 aliphatic carbocycles. The largest absolute Gasteiger partial charge is 0.493 e. The predicted molar refractivity (Wildman–Crippen MR) is 112 cm³/mol. The average molecular weight is 419 g/mol. The van der Waals surface area contributed by atoms with E-state index in [9.17, 15) is 13.2 Å². The Bertz CT molecular complexity index is 961. The maximum Gasteiger partial charge on any atom is 0.251 e. The zero-order valence-corrected chi connectivity index (χ0v) is 17.4. The minimum absolute atomic E-state index is 0.140. The van der Waals surface area contributed by atoms with E-state index in [2.05, 4.69) is 5.32 Å². The zero-order chi connectivity index (χ0) is 20.9. The van der Waals surface area contributed by atoms with Crippen LogP contribution in [-0.2, 0) is 10.0 Å². The molecule has 1 fully saturated rings. The lowest BCUT2D eigenvalue weighted by molar-refractivity contribution is 0.0926. The van der Waals surface area contributed by atoms with Crippen molar-refractivity contribution in [1.82, 2.24) is 5.32 Å². The molecule has 1 amide bonds. The third kappa shape index (κ3) is 5.20. The molecule has 1 heterocycles. The number of carbonyl (C=O) groups excluding carboxylic acids is 1. The Morgan fingerprint density at radius 3 is 2.62 bits per heavy atom. The number of carbonyl (C=O) groups is 1. The van der Waals surface area contributed by atoms with Crippen LogP contribution in [0, 0.1) is 0 Å². The lowest BCUT2D eigenvalue weighted by Crippen LogP contribution is -2.38. The summed E-state index contributed by atoms with van der Waals surface area (Å²) < 4.78 is 37.0. The molecule has 0 radical (unpaired) electrons. The molecule has 1 saturated heterocycles. The Kier molecular flexibility index (Phi) is 6.64. The topological polar surface area (TPSA) is 84.9 Å². The number of anilines is 1. The minimum Gasteiger partial charge on any atom is -0.493 e. The van der Waals surface area contributed by atoms with Gasteiger partial charge in [-0.05, 0) is 50.1 Å². The summed E-state index contributed by atoms with van der Waals surface area (Å²) >= 11 is 0. The van der Waals surface area contributed by atoms with Crippen molar-refractivity contribution < 1.29 is 22.7 Å². The molecular weight excluding hydrogens is 392 g/mol. The van der Waals surface area contributed by atoms with Crippen molar-refractivity contribution in [2.24, 2.45) is 0 Å². The van der Waals surface area contributed by atoms with E-state index in [4.69, 9.17) is 9.47 Å². The first-order valence-corrected chi connectivity index (χ1v) is 11.2. The van der Waals surface area contributed by atoms with Gasteiger partial charge < -0.3 is 14.8 Å². The Balaban J connectivity index is 1.63. The standard InChI is InChI=1S/C21H26N2O5S/c1-16(15-28-20-11-4-3-10-19(20)27-2)22-21(24)17-8-7-9-18(14-17)23-12-5-6-13-29(23,25)26/h3-4,7-11,14,16H,5-6,12-13,15H2,1-2H3,(H,22,24)/t16-/m0/s1. The third-order valence-corrected chi connectivity index (χ3v) is 6.55. The van der Waals surface area contributed by atoms with Crippen molar-refractivity contribution in [3.63, 3.8) is 0 Å². The number of nitrogens with zero attached hydrogens (tertiary/aromatic N) is 1. The fraction of sp³-hybridized carbons (Fsp3) is 0.381. The molecule has 1 N–H and O–H groups in total. The van der Waals surface area contributed by atoms with Crippen molar-refractivity contribution in [3.8, 4) is 11.5 Å². The summed E-state index contributed by atoms with van der Waals surface area (Å²) in [6.45, 7) is 2.55. The van der Waals surface area contributed by atoms with E-state index in [-0.39, 0.29) is 24.3 Å². The highest BCUT2D eigenvalue weighted by molar-refractivity contribution is 7.92. The number of sulfonamides is 1. The second-order valence-electron chi connectivity index (χ2n) is 6.98. The van der Waals surface area contributed by atoms with Crippen LogP contribution >= 0.6 is 0 Å². The Labute approximate surface area is 171 Å². The molecule has 7 nitrogen and oxygen atoms in total. The molecular formula is C21H26N2O5S. The van der Waals surface area contributed by atoms with Gasteiger partial charge in [-0.1, -0.05) is 18.2 Å². The monoisotopic (exact) mass is 418 g/mol. The number of benzene rings is 2. The molecule has 2 aromatic rings. The predicted octanol–water partition coefficient (Wildman–Crippen LogP) is 2.82. The number of hydrogen-bond acceptors (Lipinski definition) is 5. The van der Waals surface area contributed by atoms with Gasteiger partial charge in [-0.3, -0.25) is 9.10 Å². The molecule has 0 unspecified atom stereocenters. The quantitative estimate of drug-likeness (QED) is 0.747. The summed E-state index contributed by atoms with van der Waals surface area (Å²) in [5.41, 5.74) is 0.933. The SMILES string of the molecule is COc1ccccc1OC[C@H](C)NC(=O)c1cccc(N2CCCCS2(=O)=O)c1. The van der Waals surface area contributed by atoms with E-state index in [1.165, 1.54) is 4.31 Å². The summed E-state index contributed by atoms with van der Waals surface area (Å²) in [7, 11) is -1.75. The number of hydrogen-bond donors (Lipinski definition) is 1. The van der Waals surface area contributed by atoms with E-state index >= 15 is 0 Å². The Morgan fingerprint density at radius 1 is 1.14 bits per heavy atom. The van der Waals surface area contributed by atoms with Gasteiger partial charge in [0.05, 0.1) is 24.6 Å². The average Bonchev–Trinajstić information content (AvgIpc) is 2.72. The smallest absolute Gasteiger partial charge is 0.251 e. The summed E-state index contributed by atoms with van der Waals surface area (Å²) in [4.78, 5) is 12.6. The first-order valence-electron chi connectivity index (χ1n) is 9.58. The second kappa shape index (κ2) is 9.17. The van der Waals surface area contributed by atoms with E-state index < -0.39 is 10.0 Å². The van der Waals surface area contributed by atoms with Crippen molar-refractivity contribution in [2.45, 2.75) is 25.8 Å². The van der Waals surface area contributed by atoms with E-state index in [1.54, 1.807) is 43.5 Å². The maximum absolute atomic E-state index is 12.6. The Morgan fingerprint density at radius 2 is 1.90 bits per heavy atom. The summed E-state index contributed by atoms with van der Waals surface area (Å²) in [5.74, 6) is 1.09. The normalized spacial score (nSPS) is 16.7.